The highest BCUT2D eigenvalue weighted by Crippen LogP contribution is 2.34. The first kappa shape index (κ1) is 27.2. The minimum atomic E-state index is -0.300. The summed E-state index contributed by atoms with van der Waals surface area (Å²) in [7, 11) is 0. The minimum Gasteiger partial charge on any atom is -0.348 e. The third-order valence-electron chi connectivity index (χ3n) is 5.15. The molecule has 1 N–H and O–H groups in total. The van der Waals surface area contributed by atoms with Crippen molar-refractivity contribution in [2.24, 2.45) is 4.99 Å². The molecule has 4 nitrogen and oxygen atoms in total. The quantitative estimate of drug-likeness (QED) is 0.242. The van der Waals surface area contributed by atoms with Crippen LogP contribution >= 0.6 is 23.7 Å². The number of amides is 1. The van der Waals surface area contributed by atoms with E-state index in [9.17, 15) is 9.18 Å². The number of anilines is 1. The van der Waals surface area contributed by atoms with E-state index < -0.39 is 0 Å². The maximum atomic E-state index is 13.0. The predicted octanol–water partition coefficient (Wildman–Crippen LogP) is 7.91. The first-order chi connectivity index (χ1) is 17.6. The molecule has 0 atom stereocenters. The average Bonchev–Trinajstić information content (AvgIpc) is 3.19. The van der Waals surface area contributed by atoms with Crippen LogP contribution in [0.25, 0.3) is 0 Å². The number of hydrogen-bond acceptors (Lipinski definition) is 4. The molecular weight excluding hydrogens is 493 g/mol. The number of halogens is 2. The van der Waals surface area contributed by atoms with Crippen molar-refractivity contribution in [3.05, 3.63) is 120 Å². The van der Waals surface area contributed by atoms with Gasteiger partial charge in [0.15, 0.2) is 0 Å². The number of hydrogen-bond donors (Lipinski definition) is 1. The van der Waals surface area contributed by atoms with Crippen LogP contribution in [0, 0.1) is 5.82 Å². The number of rotatable bonds is 8. The van der Waals surface area contributed by atoms with Crippen LogP contribution in [0.4, 0.5) is 10.1 Å². The normalized spacial score (nSPS) is 12.2. The molecular formula is C29H29ClFN3OS. The molecule has 0 radical (unpaired) electrons. The molecule has 4 rings (SSSR count). The highest BCUT2D eigenvalue weighted by molar-refractivity contribution is 8.01. The largest absolute Gasteiger partial charge is 0.348 e. The van der Waals surface area contributed by atoms with Gasteiger partial charge in [-0.3, -0.25) is 9.79 Å². The van der Waals surface area contributed by atoms with Gasteiger partial charge in [0.2, 0.25) is 0 Å². The lowest BCUT2D eigenvalue weighted by atomic mass is 10.1. The fraction of sp³-hybridized carbons (Fsp3) is 0.172. The molecule has 1 aliphatic heterocycles. The summed E-state index contributed by atoms with van der Waals surface area (Å²) in [6.07, 6.45) is 9.55. The number of carbonyl (C=O) groups is 1. The van der Waals surface area contributed by atoms with E-state index in [1.807, 2.05) is 68.6 Å². The number of carbonyl (C=O) groups excluding carboxylic acids is 1. The zero-order chi connectivity index (χ0) is 25.8. The summed E-state index contributed by atoms with van der Waals surface area (Å²) < 4.78 is 14.6. The molecule has 0 saturated heterocycles. The molecule has 0 aromatic heterocycles. The van der Waals surface area contributed by atoms with Gasteiger partial charge in [0.1, 0.15) is 5.82 Å². The maximum absolute atomic E-state index is 13.0. The van der Waals surface area contributed by atoms with Crippen LogP contribution in [0.5, 0.6) is 0 Å². The fourth-order valence-corrected chi connectivity index (χ4v) is 4.49. The summed E-state index contributed by atoms with van der Waals surface area (Å²) in [4.78, 5) is 17.8. The molecule has 186 valence electrons. The van der Waals surface area contributed by atoms with Gasteiger partial charge in [-0.2, -0.15) is 0 Å². The second-order valence-electron chi connectivity index (χ2n) is 7.62. The Morgan fingerprint density at radius 2 is 1.75 bits per heavy atom. The van der Waals surface area contributed by atoms with E-state index in [4.69, 9.17) is 11.8 Å². The third kappa shape index (κ3) is 8.11. The number of para-hydroxylation sites is 1. The molecule has 1 aliphatic rings. The van der Waals surface area contributed by atoms with E-state index >= 15 is 0 Å². The Morgan fingerprint density at radius 3 is 2.50 bits per heavy atom. The predicted molar refractivity (Wildman–Crippen MR) is 150 cm³/mol. The Morgan fingerprint density at radius 1 is 1.03 bits per heavy atom. The molecule has 3 aromatic rings. The van der Waals surface area contributed by atoms with Crippen LogP contribution in [0.15, 0.2) is 107 Å². The van der Waals surface area contributed by atoms with Crippen LogP contribution in [0.2, 0.25) is 0 Å². The van der Waals surface area contributed by atoms with Gasteiger partial charge >= 0.3 is 0 Å². The van der Waals surface area contributed by atoms with E-state index in [-0.39, 0.29) is 11.7 Å². The lowest BCUT2D eigenvalue weighted by Crippen LogP contribution is -2.22. The van der Waals surface area contributed by atoms with Crippen molar-refractivity contribution in [3.63, 3.8) is 0 Å². The Hall–Kier alpha value is -3.35. The SMILES string of the molecule is CC.O=C(NCc1ccc(F)cc1)c1ccc(SN(Cl)c2ccccc2CC2=NC=CCC=C2)cc1. The molecule has 3 aromatic carbocycles. The van der Waals surface area contributed by atoms with Crippen molar-refractivity contribution in [3.8, 4) is 0 Å². The first-order valence-electron chi connectivity index (χ1n) is 11.8. The summed E-state index contributed by atoms with van der Waals surface area (Å²) >= 11 is 8.01. The number of allylic oxidation sites excluding steroid dienone is 3. The Kier molecular flexibility index (Phi) is 10.8. The molecule has 0 bridgehead atoms. The second-order valence-corrected chi connectivity index (χ2v) is 9.18. The van der Waals surface area contributed by atoms with Crippen molar-refractivity contribution in [1.82, 2.24) is 5.32 Å². The van der Waals surface area contributed by atoms with Crippen LogP contribution in [0.1, 0.15) is 41.8 Å². The lowest BCUT2D eigenvalue weighted by Gasteiger charge is -2.18. The van der Waals surface area contributed by atoms with Gasteiger partial charge in [-0.1, -0.05) is 56.3 Å². The molecule has 1 amide bonds. The smallest absolute Gasteiger partial charge is 0.251 e. The lowest BCUT2D eigenvalue weighted by molar-refractivity contribution is 0.0951. The van der Waals surface area contributed by atoms with Gasteiger partial charge in [0, 0.05) is 59.1 Å². The first-order valence-corrected chi connectivity index (χ1v) is 12.9. The molecule has 0 spiro atoms. The summed E-state index contributed by atoms with van der Waals surface area (Å²) in [6, 6.07) is 21.3. The van der Waals surface area contributed by atoms with Crippen LogP contribution < -0.4 is 9.14 Å². The number of benzene rings is 3. The second kappa shape index (κ2) is 14.3. The van der Waals surface area contributed by atoms with E-state index in [1.165, 1.54) is 24.1 Å². The molecule has 0 saturated carbocycles. The minimum absolute atomic E-state index is 0.194. The molecule has 0 aliphatic carbocycles. The molecule has 0 unspecified atom stereocenters. The number of nitrogens with zero attached hydrogens (tertiary/aromatic N) is 2. The van der Waals surface area contributed by atoms with Crippen molar-refractivity contribution in [1.29, 1.82) is 0 Å². The Balaban J connectivity index is 0.00000176. The zero-order valence-electron chi connectivity index (χ0n) is 20.3. The number of aliphatic imine (C=N–C) groups is 1. The van der Waals surface area contributed by atoms with Crippen molar-refractivity contribution in [2.45, 2.75) is 38.1 Å². The molecule has 7 heteroatoms. The van der Waals surface area contributed by atoms with Gasteiger partial charge < -0.3 is 5.32 Å². The van der Waals surface area contributed by atoms with Crippen molar-refractivity contribution >= 4 is 41.0 Å². The number of nitrogens with one attached hydrogen (secondary N) is 1. The Bertz CT molecular complexity index is 1220. The van der Waals surface area contributed by atoms with Gasteiger partial charge in [-0.15, -0.1) is 0 Å². The topological polar surface area (TPSA) is 44.7 Å². The van der Waals surface area contributed by atoms with E-state index in [0.717, 1.165) is 33.8 Å². The summed E-state index contributed by atoms with van der Waals surface area (Å²) in [5.74, 6) is -0.494. The molecule has 1 heterocycles. The van der Waals surface area contributed by atoms with Crippen LogP contribution in [-0.4, -0.2) is 11.6 Å². The van der Waals surface area contributed by atoms with Gasteiger partial charge in [0.25, 0.3) is 5.91 Å². The van der Waals surface area contributed by atoms with Gasteiger partial charge in [-0.25, -0.2) is 8.21 Å². The van der Waals surface area contributed by atoms with Gasteiger partial charge in [-0.05, 0) is 66.1 Å². The van der Waals surface area contributed by atoms with Crippen molar-refractivity contribution < 1.29 is 9.18 Å². The molecule has 36 heavy (non-hydrogen) atoms. The van der Waals surface area contributed by atoms with Crippen LogP contribution in [0.3, 0.4) is 0 Å². The third-order valence-corrected chi connectivity index (χ3v) is 6.38. The zero-order valence-corrected chi connectivity index (χ0v) is 21.9. The standard InChI is InChI=1S/C27H23ClFN3OS.C2H6/c28-32(26-8-4-3-6-22(26)18-24-7-2-1-5-17-30-24)34-25-15-11-21(12-16-25)27(33)31-19-20-9-13-23(29)14-10-20;1-2/h2-17H,1,18-19H2,(H,31,33);1-2H3. The Labute approximate surface area is 221 Å². The van der Waals surface area contributed by atoms with E-state index in [2.05, 4.69) is 16.4 Å². The van der Waals surface area contributed by atoms with Crippen LogP contribution in [-0.2, 0) is 13.0 Å². The monoisotopic (exact) mass is 521 g/mol. The molecule has 0 fully saturated rings. The van der Waals surface area contributed by atoms with E-state index in [0.29, 0.717) is 18.5 Å². The summed E-state index contributed by atoms with van der Waals surface area (Å²) in [5.41, 5.74) is 4.31. The average molecular weight is 522 g/mol. The summed E-state index contributed by atoms with van der Waals surface area (Å²) in [6.45, 7) is 4.33. The van der Waals surface area contributed by atoms with E-state index in [1.54, 1.807) is 28.1 Å². The van der Waals surface area contributed by atoms with Crippen molar-refractivity contribution in [2.75, 3.05) is 3.82 Å². The summed E-state index contributed by atoms with van der Waals surface area (Å²) in [5, 5.41) is 2.85. The fourth-order valence-electron chi connectivity index (χ4n) is 3.36. The maximum Gasteiger partial charge on any atom is 0.251 e. The highest BCUT2D eigenvalue weighted by atomic mass is 35.5. The highest BCUT2D eigenvalue weighted by Gasteiger charge is 2.13. The van der Waals surface area contributed by atoms with Gasteiger partial charge in [0.05, 0.1) is 5.69 Å².